The number of hydrogen-bond donors (Lipinski definition) is 0. The van der Waals surface area contributed by atoms with E-state index >= 15 is 0 Å². The summed E-state index contributed by atoms with van der Waals surface area (Å²) in [5.74, 6) is 2.70. The van der Waals surface area contributed by atoms with Crippen LogP contribution < -0.4 is 9.47 Å². The van der Waals surface area contributed by atoms with Crippen LogP contribution in [0, 0.1) is 0 Å². The first-order valence-electron chi connectivity index (χ1n) is 8.69. The minimum Gasteiger partial charge on any atom is -0.497 e. The molecule has 3 atom stereocenters. The van der Waals surface area contributed by atoms with E-state index in [1.54, 1.807) is 14.2 Å². The quantitative estimate of drug-likeness (QED) is 0.782. The molecule has 1 spiro atoms. The molecular weight excluding hydrogens is 302 g/mol. The van der Waals surface area contributed by atoms with E-state index in [0.717, 1.165) is 41.1 Å². The number of benzene rings is 1. The summed E-state index contributed by atoms with van der Waals surface area (Å²) in [7, 11) is 8.18. The first-order valence-corrected chi connectivity index (χ1v) is 8.69. The number of ether oxygens (including phenoxy) is 3. The van der Waals surface area contributed by atoms with Crippen LogP contribution >= 0.6 is 0 Å². The molecule has 4 heteroatoms. The van der Waals surface area contributed by atoms with Crippen molar-refractivity contribution in [3.63, 3.8) is 0 Å². The SMILES string of the molecule is COC1=CC=C2[C@H]3Cc4ccc(OC)c5c4[C@@]2(CC[N+]3(C)C)[C@H]1O5. The van der Waals surface area contributed by atoms with Crippen molar-refractivity contribution in [1.29, 1.82) is 0 Å². The molecular formula is C20H24NO3+. The highest BCUT2D eigenvalue weighted by Crippen LogP contribution is 2.63. The Labute approximate surface area is 142 Å². The van der Waals surface area contributed by atoms with E-state index in [9.17, 15) is 0 Å². The van der Waals surface area contributed by atoms with Crippen LogP contribution in [0.1, 0.15) is 17.5 Å². The van der Waals surface area contributed by atoms with Gasteiger partial charge in [0.1, 0.15) is 11.8 Å². The molecule has 0 radical (unpaired) electrons. The summed E-state index contributed by atoms with van der Waals surface area (Å²) in [5.41, 5.74) is 4.22. The second-order valence-electron chi connectivity index (χ2n) is 7.97. The second kappa shape index (κ2) is 4.37. The van der Waals surface area contributed by atoms with E-state index in [0.29, 0.717) is 6.04 Å². The van der Waals surface area contributed by atoms with Crippen LogP contribution in [-0.2, 0) is 16.6 Å². The van der Waals surface area contributed by atoms with Gasteiger partial charge in [0.2, 0.25) is 0 Å². The number of rotatable bonds is 2. The van der Waals surface area contributed by atoms with Crippen molar-refractivity contribution in [3.05, 3.63) is 46.7 Å². The summed E-state index contributed by atoms with van der Waals surface area (Å²) in [6.45, 7) is 1.15. The van der Waals surface area contributed by atoms with Gasteiger partial charge in [-0.15, -0.1) is 0 Å². The molecule has 2 heterocycles. The molecule has 0 N–H and O–H groups in total. The van der Waals surface area contributed by atoms with Gasteiger partial charge in [-0.05, 0) is 17.7 Å². The average molecular weight is 326 g/mol. The molecule has 1 saturated heterocycles. The lowest BCUT2D eigenvalue weighted by molar-refractivity contribution is -0.915. The highest BCUT2D eigenvalue weighted by molar-refractivity contribution is 5.67. The zero-order valence-corrected chi connectivity index (χ0v) is 14.8. The number of piperidine rings is 1. The smallest absolute Gasteiger partial charge is 0.169 e. The largest absolute Gasteiger partial charge is 0.497 e. The van der Waals surface area contributed by atoms with E-state index in [-0.39, 0.29) is 11.5 Å². The van der Waals surface area contributed by atoms with Gasteiger partial charge in [0.25, 0.3) is 0 Å². The number of methoxy groups -OCH3 is 2. The Bertz CT molecular complexity index is 807. The minimum atomic E-state index is -0.0734. The lowest BCUT2D eigenvalue weighted by Crippen LogP contribution is -2.65. The number of likely N-dealkylation sites (tertiary alicyclic amines) is 1. The third kappa shape index (κ3) is 1.44. The second-order valence-corrected chi connectivity index (χ2v) is 7.97. The molecule has 126 valence electrons. The van der Waals surface area contributed by atoms with Crippen LogP contribution in [0.15, 0.2) is 35.6 Å². The molecule has 2 bridgehead atoms. The highest BCUT2D eigenvalue weighted by Gasteiger charge is 2.65. The summed E-state index contributed by atoms with van der Waals surface area (Å²) in [5, 5.41) is 0. The van der Waals surface area contributed by atoms with Crippen molar-refractivity contribution in [3.8, 4) is 11.5 Å². The predicted molar refractivity (Wildman–Crippen MR) is 91.3 cm³/mol. The van der Waals surface area contributed by atoms with Crippen LogP contribution in [0.2, 0.25) is 0 Å². The van der Waals surface area contributed by atoms with E-state index < -0.39 is 0 Å². The molecule has 4 nitrogen and oxygen atoms in total. The summed E-state index contributed by atoms with van der Waals surface area (Å²) < 4.78 is 18.9. The van der Waals surface area contributed by atoms with Gasteiger partial charge in [-0.25, -0.2) is 0 Å². The van der Waals surface area contributed by atoms with Crippen molar-refractivity contribution in [2.24, 2.45) is 0 Å². The molecule has 24 heavy (non-hydrogen) atoms. The molecule has 1 aromatic carbocycles. The summed E-state index contributed by atoms with van der Waals surface area (Å²) >= 11 is 0. The van der Waals surface area contributed by atoms with E-state index in [1.807, 2.05) is 0 Å². The normalized spacial score (nSPS) is 33.8. The predicted octanol–water partition coefficient (Wildman–Crippen LogP) is 2.57. The Morgan fingerprint density at radius 2 is 2.00 bits per heavy atom. The van der Waals surface area contributed by atoms with Crippen LogP contribution in [0.3, 0.4) is 0 Å². The van der Waals surface area contributed by atoms with Gasteiger partial charge in [-0.3, -0.25) is 0 Å². The maximum absolute atomic E-state index is 6.51. The van der Waals surface area contributed by atoms with Crippen LogP contribution in [0.4, 0.5) is 0 Å². The topological polar surface area (TPSA) is 27.7 Å². The van der Waals surface area contributed by atoms with E-state index in [2.05, 4.69) is 38.4 Å². The Hall–Kier alpha value is -1.94. The fourth-order valence-electron chi connectivity index (χ4n) is 5.44. The molecule has 4 aliphatic rings. The van der Waals surface area contributed by atoms with Crippen LogP contribution in [0.25, 0.3) is 0 Å². The fraction of sp³-hybridized carbons (Fsp3) is 0.500. The molecule has 1 aromatic rings. The number of nitrogens with zero attached hydrogens (tertiary/aromatic N) is 1. The van der Waals surface area contributed by atoms with Gasteiger partial charge < -0.3 is 18.7 Å². The molecule has 5 rings (SSSR count). The van der Waals surface area contributed by atoms with Gasteiger partial charge in [0.05, 0.1) is 40.3 Å². The average Bonchev–Trinajstić information content (AvgIpc) is 2.93. The zero-order valence-electron chi connectivity index (χ0n) is 14.8. The van der Waals surface area contributed by atoms with Gasteiger partial charge in [-0.2, -0.15) is 0 Å². The van der Waals surface area contributed by atoms with Gasteiger partial charge in [-0.1, -0.05) is 12.1 Å². The Kier molecular flexibility index (Phi) is 2.62. The Balaban J connectivity index is 1.84. The van der Waals surface area contributed by atoms with Gasteiger partial charge in [0, 0.05) is 24.0 Å². The van der Waals surface area contributed by atoms with Crippen LogP contribution in [0.5, 0.6) is 11.5 Å². The monoisotopic (exact) mass is 326 g/mol. The summed E-state index contributed by atoms with van der Waals surface area (Å²) in [4.78, 5) is 0. The fourth-order valence-corrected chi connectivity index (χ4v) is 5.44. The van der Waals surface area contributed by atoms with Crippen molar-refractivity contribution < 1.29 is 18.7 Å². The van der Waals surface area contributed by atoms with Crippen molar-refractivity contribution in [2.75, 3.05) is 34.9 Å². The molecule has 2 aliphatic carbocycles. The maximum atomic E-state index is 6.51. The first-order chi connectivity index (χ1) is 11.5. The first kappa shape index (κ1) is 14.4. The van der Waals surface area contributed by atoms with Crippen LogP contribution in [-0.4, -0.2) is 51.5 Å². The number of quaternary nitrogens is 1. The minimum absolute atomic E-state index is 0.0596. The number of allylic oxidation sites excluding steroid dienone is 2. The molecule has 0 amide bonds. The van der Waals surface area contributed by atoms with E-state index in [4.69, 9.17) is 14.2 Å². The lowest BCUT2D eigenvalue weighted by atomic mass is 9.57. The van der Waals surface area contributed by atoms with Gasteiger partial charge >= 0.3 is 0 Å². The molecule has 2 aliphatic heterocycles. The zero-order chi connectivity index (χ0) is 16.7. The Morgan fingerprint density at radius 3 is 2.75 bits per heavy atom. The van der Waals surface area contributed by atoms with E-state index in [1.165, 1.54) is 16.7 Å². The third-order valence-electron chi connectivity index (χ3n) is 6.69. The number of likely N-dealkylation sites (N-methyl/N-ethyl adjacent to an activating group) is 1. The third-order valence-corrected chi connectivity index (χ3v) is 6.69. The standard InChI is InChI=1S/C20H24NO3/c1-21(2)10-9-20-13-6-8-16(23-4)19(20)24-18-15(22-3)7-5-12(17(18)20)11-14(13)21/h5-8,14,19H,9-11H2,1-4H3/q+1/t14-,19+,20+/m1/s1. The highest BCUT2D eigenvalue weighted by atomic mass is 16.6. The maximum Gasteiger partial charge on any atom is 0.169 e. The molecule has 0 saturated carbocycles. The van der Waals surface area contributed by atoms with Crippen molar-refractivity contribution >= 4 is 0 Å². The van der Waals surface area contributed by atoms with Gasteiger partial charge in [0.15, 0.2) is 17.6 Å². The molecule has 0 aromatic heterocycles. The molecule has 0 unspecified atom stereocenters. The molecule has 1 fully saturated rings. The number of hydrogen-bond acceptors (Lipinski definition) is 3. The van der Waals surface area contributed by atoms with Crippen molar-refractivity contribution in [1.82, 2.24) is 0 Å². The Morgan fingerprint density at radius 1 is 1.17 bits per heavy atom. The summed E-state index contributed by atoms with van der Waals surface area (Å²) in [6, 6.07) is 4.81. The lowest BCUT2D eigenvalue weighted by Gasteiger charge is -2.55. The summed E-state index contributed by atoms with van der Waals surface area (Å²) in [6.07, 6.45) is 6.51. The van der Waals surface area contributed by atoms with Crippen molar-refractivity contribution in [2.45, 2.75) is 30.4 Å².